The number of methoxy groups -OCH3 is 1. The molecule has 0 aromatic heterocycles. The number of benzene rings is 1. The molecule has 6 heteroatoms. The maximum absolute atomic E-state index is 5.49. The first kappa shape index (κ1) is 23.0. The molecule has 2 rings (SSSR count). The lowest BCUT2D eigenvalue weighted by Crippen LogP contribution is -2.42. The predicted octanol–water partition coefficient (Wildman–Crippen LogP) is 3.52. The van der Waals surface area contributed by atoms with E-state index in [9.17, 15) is 0 Å². The van der Waals surface area contributed by atoms with E-state index in [2.05, 4.69) is 50.2 Å². The van der Waals surface area contributed by atoms with Gasteiger partial charge in [-0.05, 0) is 31.0 Å². The lowest BCUT2D eigenvalue weighted by atomic mass is 9.85. The van der Waals surface area contributed by atoms with Gasteiger partial charge in [-0.15, -0.1) is 24.0 Å². The largest absolute Gasteiger partial charge is 0.497 e. The summed E-state index contributed by atoms with van der Waals surface area (Å²) < 4.78 is 10.7. The Morgan fingerprint density at radius 2 is 2.04 bits per heavy atom. The van der Waals surface area contributed by atoms with Gasteiger partial charge in [0.2, 0.25) is 0 Å². The summed E-state index contributed by atoms with van der Waals surface area (Å²) in [4.78, 5) is 7.13. The van der Waals surface area contributed by atoms with E-state index in [1.54, 1.807) is 7.11 Å². The standard InChI is InChI=1S/C20H33N3O2.HI/c1-6-21-19(23(4)13-16-11-12-25-14-16)22-15-20(2,3)17-7-9-18(24-5)10-8-17;/h7-10,16H,6,11-15H2,1-5H3,(H,21,22);1H. The minimum Gasteiger partial charge on any atom is -0.497 e. The summed E-state index contributed by atoms with van der Waals surface area (Å²) in [6.45, 7) is 10.9. The number of guanidine groups is 1. The average Bonchev–Trinajstić information content (AvgIpc) is 3.11. The molecule has 0 saturated carbocycles. The number of halogens is 1. The van der Waals surface area contributed by atoms with Crippen LogP contribution in [0.15, 0.2) is 29.3 Å². The smallest absolute Gasteiger partial charge is 0.193 e. The highest BCUT2D eigenvalue weighted by molar-refractivity contribution is 14.0. The van der Waals surface area contributed by atoms with Crippen molar-refractivity contribution in [1.29, 1.82) is 0 Å². The lowest BCUT2D eigenvalue weighted by Gasteiger charge is -2.27. The Morgan fingerprint density at radius 1 is 1.35 bits per heavy atom. The summed E-state index contributed by atoms with van der Waals surface area (Å²) in [5.74, 6) is 2.45. The highest BCUT2D eigenvalue weighted by Gasteiger charge is 2.22. The van der Waals surface area contributed by atoms with Gasteiger partial charge in [-0.3, -0.25) is 4.99 Å². The molecule has 1 heterocycles. The van der Waals surface area contributed by atoms with Crippen molar-refractivity contribution in [2.75, 3.05) is 47.0 Å². The maximum Gasteiger partial charge on any atom is 0.193 e. The number of hydrogen-bond donors (Lipinski definition) is 1. The Morgan fingerprint density at radius 3 is 2.58 bits per heavy atom. The van der Waals surface area contributed by atoms with Crippen LogP contribution in [0, 0.1) is 5.92 Å². The van der Waals surface area contributed by atoms with Crippen molar-refractivity contribution < 1.29 is 9.47 Å². The van der Waals surface area contributed by atoms with Gasteiger partial charge in [0.15, 0.2) is 5.96 Å². The van der Waals surface area contributed by atoms with Crippen LogP contribution in [-0.4, -0.2) is 57.9 Å². The molecule has 1 saturated heterocycles. The summed E-state index contributed by atoms with van der Waals surface area (Å²) in [5.41, 5.74) is 1.23. The Balaban J connectivity index is 0.00000338. The first-order valence-corrected chi connectivity index (χ1v) is 9.18. The van der Waals surface area contributed by atoms with Crippen molar-refractivity contribution in [2.45, 2.75) is 32.6 Å². The second-order valence-electron chi connectivity index (χ2n) is 7.39. The molecular formula is C20H34IN3O2. The number of hydrogen-bond acceptors (Lipinski definition) is 3. The molecular weight excluding hydrogens is 441 g/mol. The van der Waals surface area contributed by atoms with Crippen molar-refractivity contribution in [3.8, 4) is 5.75 Å². The summed E-state index contributed by atoms with van der Waals surface area (Å²) in [6.07, 6.45) is 1.14. The van der Waals surface area contributed by atoms with Crippen LogP contribution in [0.2, 0.25) is 0 Å². The van der Waals surface area contributed by atoms with E-state index in [4.69, 9.17) is 14.5 Å². The summed E-state index contributed by atoms with van der Waals surface area (Å²) >= 11 is 0. The van der Waals surface area contributed by atoms with E-state index in [-0.39, 0.29) is 29.4 Å². The number of nitrogens with one attached hydrogen (secondary N) is 1. The van der Waals surface area contributed by atoms with Crippen LogP contribution in [0.4, 0.5) is 0 Å². The minimum absolute atomic E-state index is 0. The topological polar surface area (TPSA) is 46.1 Å². The normalized spacial score (nSPS) is 17.6. The molecule has 1 atom stereocenters. The SMILES string of the molecule is CCNC(=NCC(C)(C)c1ccc(OC)cc1)N(C)CC1CCOC1.I. The molecule has 0 aliphatic carbocycles. The molecule has 148 valence electrons. The fraction of sp³-hybridized carbons (Fsp3) is 0.650. The van der Waals surface area contributed by atoms with Gasteiger partial charge in [-0.25, -0.2) is 0 Å². The quantitative estimate of drug-likeness (QED) is 0.373. The van der Waals surface area contributed by atoms with E-state index in [0.29, 0.717) is 5.92 Å². The van der Waals surface area contributed by atoms with Gasteiger partial charge in [0.25, 0.3) is 0 Å². The lowest BCUT2D eigenvalue weighted by molar-refractivity contribution is 0.181. The predicted molar refractivity (Wildman–Crippen MR) is 119 cm³/mol. The monoisotopic (exact) mass is 475 g/mol. The fourth-order valence-corrected chi connectivity index (χ4v) is 3.08. The molecule has 0 amide bonds. The van der Waals surface area contributed by atoms with Crippen molar-refractivity contribution in [1.82, 2.24) is 10.2 Å². The molecule has 1 fully saturated rings. The molecule has 26 heavy (non-hydrogen) atoms. The first-order chi connectivity index (χ1) is 12.0. The highest BCUT2D eigenvalue weighted by atomic mass is 127. The Labute approximate surface area is 175 Å². The van der Waals surface area contributed by atoms with Gasteiger partial charge in [0.05, 0.1) is 20.3 Å². The molecule has 1 aliphatic heterocycles. The second-order valence-corrected chi connectivity index (χ2v) is 7.39. The molecule has 1 unspecified atom stereocenters. The van der Waals surface area contributed by atoms with Gasteiger partial charge >= 0.3 is 0 Å². The average molecular weight is 475 g/mol. The third-order valence-corrected chi connectivity index (χ3v) is 4.75. The maximum atomic E-state index is 5.49. The number of aliphatic imine (C=N–C) groups is 1. The molecule has 1 aromatic carbocycles. The third-order valence-electron chi connectivity index (χ3n) is 4.75. The molecule has 1 N–H and O–H groups in total. The highest BCUT2D eigenvalue weighted by Crippen LogP contribution is 2.25. The van der Waals surface area contributed by atoms with Crippen LogP contribution in [0.3, 0.4) is 0 Å². The number of nitrogens with zero attached hydrogens (tertiary/aromatic N) is 2. The van der Waals surface area contributed by atoms with E-state index >= 15 is 0 Å². The van der Waals surface area contributed by atoms with Crippen LogP contribution in [0.25, 0.3) is 0 Å². The van der Waals surface area contributed by atoms with Crippen molar-refractivity contribution in [3.05, 3.63) is 29.8 Å². The van der Waals surface area contributed by atoms with E-state index in [0.717, 1.165) is 51.0 Å². The number of ether oxygens (including phenoxy) is 2. The minimum atomic E-state index is -0.0374. The fourth-order valence-electron chi connectivity index (χ4n) is 3.08. The molecule has 0 radical (unpaired) electrons. The van der Waals surface area contributed by atoms with Crippen molar-refractivity contribution >= 4 is 29.9 Å². The first-order valence-electron chi connectivity index (χ1n) is 9.18. The van der Waals surface area contributed by atoms with Gasteiger partial charge in [0.1, 0.15) is 5.75 Å². The van der Waals surface area contributed by atoms with Gasteiger partial charge in [-0.2, -0.15) is 0 Å². The van der Waals surface area contributed by atoms with E-state index in [1.807, 2.05) is 12.1 Å². The van der Waals surface area contributed by atoms with E-state index < -0.39 is 0 Å². The Hall–Kier alpha value is -1.02. The zero-order valence-corrected chi connectivity index (χ0v) is 19.1. The molecule has 1 aliphatic rings. The van der Waals surface area contributed by atoms with Crippen LogP contribution < -0.4 is 10.1 Å². The molecule has 1 aromatic rings. The Bertz CT molecular complexity index is 555. The van der Waals surface area contributed by atoms with Crippen molar-refractivity contribution in [2.24, 2.45) is 10.9 Å². The molecule has 5 nitrogen and oxygen atoms in total. The molecule has 0 spiro atoms. The van der Waals surface area contributed by atoms with Gasteiger partial charge in [-0.1, -0.05) is 26.0 Å². The van der Waals surface area contributed by atoms with Crippen molar-refractivity contribution in [3.63, 3.8) is 0 Å². The van der Waals surface area contributed by atoms with E-state index in [1.165, 1.54) is 5.56 Å². The summed E-state index contributed by atoms with van der Waals surface area (Å²) in [7, 11) is 3.80. The molecule has 0 bridgehead atoms. The van der Waals surface area contributed by atoms with Crippen LogP contribution in [0.1, 0.15) is 32.8 Å². The summed E-state index contributed by atoms with van der Waals surface area (Å²) in [6, 6.07) is 8.28. The van der Waals surface area contributed by atoms with Crippen LogP contribution in [0.5, 0.6) is 5.75 Å². The van der Waals surface area contributed by atoms with Gasteiger partial charge < -0.3 is 19.7 Å². The second kappa shape index (κ2) is 11.0. The third kappa shape index (κ3) is 6.61. The Kier molecular flexibility index (Phi) is 9.71. The number of rotatable bonds is 7. The van der Waals surface area contributed by atoms with Gasteiger partial charge in [0, 0.05) is 38.1 Å². The zero-order chi connectivity index (χ0) is 18.3. The zero-order valence-electron chi connectivity index (χ0n) is 16.7. The van der Waals surface area contributed by atoms with Crippen LogP contribution in [-0.2, 0) is 10.2 Å². The summed E-state index contributed by atoms with van der Waals surface area (Å²) in [5, 5.41) is 3.41. The van der Waals surface area contributed by atoms with Crippen LogP contribution >= 0.6 is 24.0 Å².